The molecule has 0 fully saturated rings. The molecule has 0 aliphatic heterocycles. The molecule has 1 aromatic rings. The fourth-order valence-electron chi connectivity index (χ4n) is 0.269. The van der Waals surface area contributed by atoms with E-state index < -0.39 is 0 Å². The highest BCUT2D eigenvalue weighted by atomic mass is 16.5. The van der Waals surface area contributed by atoms with E-state index in [1.54, 1.807) is 0 Å². The van der Waals surface area contributed by atoms with Gasteiger partial charge in [0.05, 0.1) is 0 Å². The molecular formula is C3H2N3O2-. The Bertz CT molecular complexity index is 169. The van der Waals surface area contributed by atoms with Crippen molar-refractivity contribution in [2.45, 2.75) is 0 Å². The highest BCUT2D eigenvalue weighted by Gasteiger charge is 1.86. The van der Waals surface area contributed by atoms with Crippen LogP contribution in [0, 0.1) is 0 Å². The Morgan fingerprint density at radius 1 is 1.88 bits per heavy atom. The normalized spacial score (nSPS) is 10.5. The molecule has 42 valence electrons. The maximum Gasteiger partial charge on any atom is 0.288 e. The molecule has 0 radical (unpaired) electrons. The summed E-state index contributed by atoms with van der Waals surface area (Å²) in [6, 6.07) is 0. The maximum atomic E-state index is 9.58. The SMILES string of the molecule is [O-]C=Nc1ncon1. The Morgan fingerprint density at radius 3 is 3.25 bits per heavy atom. The van der Waals surface area contributed by atoms with Gasteiger partial charge in [-0.1, -0.05) is 0 Å². The molecule has 0 atom stereocenters. The number of hydrogen-bond donors (Lipinski definition) is 0. The second kappa shape index (κ2) is 2.06. The van der Waals surface area contributed by atoms with Gasteiger partial charge in [0.25, 0.3) is 5.95 Å². The fourth-order valence-corrected chi connectivity index (χ4v) is 0.269. The first-order valence-electron chi connectivity index (χ1n) is 1.84. The van der Waals surface area contributed by atoms with Crippen LogP contribution >= 0.6 is 0 Å². The van der Waals surface area contributed by atoms with Gasteiger partial charge in [-0.05, 0) is 11.6 Å². The van der Waals surface area contributed by atoms with E-state index in [9.17, 15) is 5.11 Å². The lowest BCUT2D eigenvalue weighted by Crippen LogP contribution is -1.95. The lowest BCUT2D eigenvalue weighted by atomic mass is 11.1. The minimum Gasteiger partial charge on any atom is -0.864 e. The van der Waals surface area contributed by atoms with Crippen LogP contribution in [0.3, 0.4) is 0 Å². The third-order valence-electron chi connectivity index (χ3n) is 0.518. The fraction of sp³-hybridized carbons (Fsp3) is 0. The monoisotopic (exact) mass is 112 g/mol. The van der Waals surface area contributed by atoms with Gasteiger partial charge in [0, 0.05) is 0 Å². The smallest absolute Gasteiger partial charge is 0.288 e. The van der Waals surface area contributed by atoms with Gasteiger partial charge in [-0.2, -0.15) is 4.98 Å². The number of aromatic nitrogens is 2. The van der Waals surface area contributed by atoms with E-state index in [0.717, 1.165) is 6.39 Å². The second-order valence-electron chi connectivity index (χ2n) is 0.966. The van der Waals surface area contributed by atoms with Crippen LogP contribution in [0.5, 0.6) is 0 Å². The largest absolute Gasteiger partial charge is 0.864 e. The first-order chi connectivity index (χ1) is 3.93. The summed E-state index contributed by atoms with van der Waals surface area (Å²) in [4.78, 5) is 6.60. The summed E-state index contributed by atoms with van der Waals surface area (Å²) >= 11 is 0. The summed E-state index contributed by atoms with van der Waals surface area (Å²) in [5.41, 5.74) is 0. The first kappa shape index (κ1) is 4.76. The van der Waals surface area contributed by atoms with Crippen molar-refractivity contribution in [2.75, 3.05) is 0 Å². The van der Waals surface area contributed by atoms with Crippen LogP contribution in [0.25, 0.3) is 0 Å². The molecule has 0 N–H and O–H groups in total. The molecule has 0 aromatic carbocycles. The highest BCUT2D eigenvalue weighted by molar-refractivity contribution is 5.45. The van der Waals surface area contributed by atoms with Crippen molar-refractivity contribution in [3.63, 3.8) is 0 Å². The molecule has 0 saturated heterocycles. The van der Waals surface area contributed by atoms with Gasteiger partial charge < -0.3 is 9.63 Å². The summed E-state index contributed by atoms with van der Waals surface area (Å²) in [7, 11) is 0. The number of nitrogens with zero attached hydrogens (tertiary/aromatic N) is 3. The molecule has 1 heterocycles. The first-order valence-corrected chi connectivity index (χ1v) is 1.84. The van der Waals surface area contributed by atoms with Crippen molar-refractivity contribution in [1.82, 2.24) is 10.1 Å². The Balaban J connectivity index is 2.77. The summed E-state index contributed by atoms with van der Waals surface area (Å²) in [6.45, 7) is 0. The number of hydrogen-bond acceptors (Lipinski definition) is 5. The van der Waals surface area contributed by atoms with Crippen molar-refractivity contribution < 1.29 is 9.63 Å². The van der Waals surface area contributed by atoms with Crippen LogP contribution in [-0.4, -0.2) is 16.5 Å². The molecule has 5 nitrogen and oxygen atoms in total. The van der Waals surface area contributed by atoms with Gasteiger partial charge in [-0.3, -0.25) is 0 Å². The zero-order valence-electron chi connectivity index (χ0n) is 3.81. The molecule has 0 aliphatic rings. The summed E-state index contributed by atoms with van der Waals surface area (Å²) in [6.07, 6.45) is 1.45. The van der Waals surface area contributed by atoms with E-state index in [1.807, 2.05) is 0 Å². The van der Waals surface area contributed by atoms with Gasteiger partial charge >= 0.3 is 0 Å². The van der Waals surface area contributed by atoms with Gasteiger partial charge in [0.1, 0.15) is 0 Å². The molecular weight excluding hydrogens is 110 g/mol. The molecule has 0 bridgehead atoms. The third-order valence-corrected chi connectivity index (χ3v) is 0.518. The molecule has 1 aromatic heterocycles. The van der Waals surface area contributed by atoms with Crippen molar-refractivity contribution in [3.05, 3.63) is 6.39 Å². The molecule has 0 unspecified atom stereocenters. The van der Waals surface area contributed by atoms with E-state index in [0.29, 0.717) is 6.40 Å². The van der Waals surface area contributed by atoms with Crippen molar-refractivity contribution >= 4 is 12.3 Å². The Kier molecular flexibility index (Phi) is 1.23. The van der Waals surface area contributed by atoms with Crippen molar-refractivity contribution in [3.8, 4) is 0 Å². The van der Waals surface area contributed by atoms with E-state index >= 15 is 0 Å². The molecule has 0 saturated carbocycles. The van der Waals surface area contributed by atoms with Gasteiger partial charge in [-0.15, -0.1) is 0 Å². The average molecular weight is 112 g/mol. The number of aliphatic imine (C=N–C) groups is 1. The molecule has 0 amide bonds. The van der Waals surface area contributed by atoms with Crippen LogP contribution < -0.4 is 5.11 Å². The Labute approximate surface area is 44.7 Å². The summed E-state index contributed by atoms with van der Waals surface area (Å²) < 4.78 is 4.25. The molecule has 1 rings (SSSR count). The zero-order valence-corrected chi connectivity index (χ0v) is 3.81. The van der Waals surface area contributed by atoms with Crippen LogP contribution in [-0.2, 0) is 0 Å². The van der Waals surface area contributed by atoms with Gasteiger partial charge in [0.2, 0.25) is 6.39 Å². The van der Waals surface area contributed by atoms with Crippen molar-refractivity contribution in [1.29, 1.82) is 0 Å². The Hall–Kier alpha value is -1.39. The topological polar surface area (TPSA) is 74.3 Å². The zero-order chi connectivity index (χ0) is 5.82. The predicted octanol–water partition coefficient (Wildman–Crippen LogP) is -0.910. The van der Waals surface area contributed by atoms with Crippen LogP contribution in [0.4, 0.5) is 5.95 Å². The molecule has 0 spiro atoms. The maximum absolute atomic E-state index is 9.58. The molecule has 0 aliphatic carbocycles. The minimum absolute atomic E-state index is 0.0556. The van der Waals surface area contributed by atoms with Crippen LogP contribution in [0.15, 0.2) is 15.9 Å². The van der Waals surface area contributed by atoms with Crippen LogP contribution in [0.1, 0.15) is 0 Å². The Morgan fingerprint density at radius 2 is 2.75 bits per heavy atom. The summed E-state index contributed by atoms with van der Waals surface area (Å²) in [5.74, 6) is 0.0556. The lowest BCUT2D eigenvalue weighted by molar-refractivity contribution is -0.200. The van der Waals surface area contributed by atoms with E-state index in [1.165, 1.54) is 0 Å². The standard InChI is InChI=1S/C3H3N3O2/c7-1-4-3-5-2-8-6-3/h1-2H,(H,4,6,7)/p-1. The molecule has 5 heteroatoms. The van der Waals surface area contributed by atoms with Crippen LogP contribution in [0.2, 0.25) is 0 Å². The van der Waals surface area contributed by atoms with E-state index in [2.05, 4.69) is 19.7 Å². The van der Waals surface area contributed by atoms with E-state index in [-0.39, 0.29) is 5.95 Å². The van der Waals surface area contributed by atoms with Gasteiger partial charge in [-0.25, -0.2) is 4.99 Å². The highest BCUT2D eigenvalue weighted by Crippen LogP contribution is 1.96. The lowest BCUT2D eigenvalue weighted by Gasteiger charge is -1.81. The minimum atomic E-state index is 0.0556. The second-order valence-corrected chi connectivity index (χ2v) is 0.966. The third kappa shape index (κ3) is 0.810. The molecule has 8 heavy (non-hydrogen) atoms. The average Bonchev–Trinajstić information content (AvgIpc) is 2.19. The van der Waals surface area contributed by atoms with E-state index in [4.69, 9.17) is 0 Å². The van der Waals surface area contributed by atoms with Crippen molar-refractivity contribution in [2.24, 2.45) is 4.99 Å². The quantitative estimate of drug-likeness (QED) is 0.348. The summed E-state index contributed by atoms with van der Waals surface area (Å²) in [5, 5.41) is 12.8. The predicted molar refractivity (Wildman–Crippen MR) is 22.4 cm³/mol. The van der Waals surface area contributed by atoms with Gasteiger partial charge in [0.15, 0.2) is 0 Å². The number of rotatable bonds is 1.